The number of aryl methyl sites for hydroxylation is 1. The maximum atomic E-state index is 12.7. The molecular weight excluding hydrogens is 412 g/mol. The number of quaternary nitrogens is 1. The molecule has 31 heavy (non-hydrogen) atoms. The van der Waals surface area contributed by atoms with E-state index in [2.05, 4.69) is 22.1 Å². The van der Waals surface area contributed by atoms with Crippen molar-refractivity contribution in [3.8, 4) is 11.5 Å². The maximum absolute atomic E-state index is 12.7. The first-order valence-electron chi connectivity index (χ1n) is 10.5. The molecule has 1 saturated heterocycles. The van der Waals surface area contributed by atoms with Crippen molar-refractivity contribution in [2.24, 2.45) is 0 Å². The van der Waals surface area contributed by atoms with E-state index in [9.17, 15) is 4.79 Å². The molecule has 1 fully saturated rings. The van der Waals surface area contributed by atoms with Crippen molar-refractivity contribution in [2.45, 2.75) is 18.6 Å². The van der Waals surface area contributed by atoms with Gasteiger partial charge in [0.2, 0.25) is 12.7 Å². The second kappa shape index (κ2) is 8.72. The highest BCUT2D eigenvalue weighted by Crippen LogP contribution is 2.32. The zero-order valence-corrected chi connectivity index (χ0v) is 18.3. The van der Waals surface area contributed by atoms with E-state index in [4.69, 9.17) is 9.47 Å². The zero-order valence-electron chi connectivity index (χ0n) is 17.5. The molecule has 2 aromatic carbocycles. The number of nitrogens with one attached hydrogen (secondary N) is 1. The third kappa shape index (κ3) is 4.45. The van der Waals surface area contributed by atoms with E-state index in [1.165, 1.54) is 22.2 Å². The lowest BCUT2D eigenvalue weighted by Gasteiger charge is -2.32. The molecule has 3 heterocycles. The lowest BCUT2D eigenvalue weighted by atomic mass is 10.1. The fourth-order valence-electron chi connectivity index (χ4n) is 4.08. The van der Waals surface area contributed by atoms with E-state index in [1.54, 1.807) is 0 Å². The van der Waals surface area contributed by atoms with Crippen LogP contribution in [-0.4, -0.2) is 59.5 Å². The van der Waals surface area contributed by atoms with Gasteiger partial charge in [-0.3, -0.25) is 4.79 Å². The number of benzene rings is 2. The number of fused-ring (bicyclic) bond motifs is 2. The Kier molecular flexibility index (Phi) is 5.65. The van der Waals surface area contributed by atoms with Gasteiger partial charge < -0.3 is 19.3 Å². The van der Waals surface area contributed by atoms with Gasteiger partial charge in [-0.1, -0.05) is 30.0 Å². The minimum absolute atomic E-state index is 0.154. The molecule has 2 aliphatic heterocycles. The third-order valence-electron chi connectivity index (χ3n) is 5.81. The van der Waals surface area contributed by atoms with E-state index < -0.39 is 0 Å². The Labute approximate surface area is 185 Å². The van der Waals surface area contributed by atoms with Crippen LogP contribution in [0.15, 0.2) is 47.6 Å². The number of nitrogens with zero attached hydrogens (tertiary/aromatic N) is 3. The van der Waals surface area contributed by atoms with Crippen LogP contribution >= 0.6 is 11.8 Å². The average Bonchev–Trinajstić information content (AvgIpc) is 3.26. The molecule has 2 aliphatic rings. The predicted molar refractivity (Wildman–Crippen MR) is 119 cm³/mol. The van der Waals surface area contributed by atoms with Crippen molar-refractivity contribution < 1.29 is 19.2 Å². The van der Waals surface area contributed by atoms with Gasteiger partial charge in [0.05, 0.1) is 37.4 Å². The van der Waals surface area contributed by atoms with E-state index in [-0.39, 0.29) is 5.91 Å². The predicted octanol–water partition coefficient (Wildman–Crippen LogP) is 1.69. The van der Waals surface area contributed by atoms with Gasteiger partial charge in [0, 0.05) is 16.6 Å². The standard InChI is InChI=1S/C23H24N4O3S/c1-16-18-4-2-3-5-19(18)25-23(24-16)31-14-22(28)27-10-8-26(9-11-27)13-17-6-7-20-21(12-17)30-15-29-20/h2-7,12H,8-11,13-15H2,1H3/p+1. The van der Waals surface area contributed by atoms with Gasteiger partial charge in [-0.2, -0.15) is 0 Å². The molecule has 7 nitrogen and oxygen atoms in total. The van der Waals surface area contributed by atoms with Crippen LogP contribution in [0.2, 0.25) is 0 Å². The number of carbonyl (C=O) groups is 1. The van der Waals surface area contributed by atoms with Crippen LogP contribution < -0.4 is 14.4 Å². The second-order valence-corrected chi connectivity index (χ2v) is 8.84. The van der Waals surface area contributed by atoms with Crippen molar-refractivity contribution in [1.29, 1.82) is 0 Å². The van der Waals surface area contributed by atoms with Gasteiger partial charge in [0.15, 0.2) is 16.7 Å². The summed E-state index contributed by atoms with van der Waals surface area (Å²) in [5.74, 6) is 2.17. The summed E-state index contributed by atoms with van der Waals surface area (Å²) in [6.07, 6.45) is 0. The van der Waals surface area contributed by atoms with E-state index in [0.717, 1.165) is 60.8 Å². The van der Waals surface area contributed by atoms with Gasteiger partial charge >= 0.3 is 0 Å². The molecule has 1 N–H and O–H groups in total. The van der Waals surface area contributed by atoms with Crippen molar-refractivity contribution in [3.63, 3.8) is 0 Å². The molecule has 1 amide bonds. The number of hydrogen-bond donors (Lipinski definition) is 1. The fourth-order valence-corrected chi connectivity index (χ4v) is 4.88. The summed E-state index contributed by atoms with van der Waals surface area (Å²) in [6, 6.07) is 14.1. The highest BCUT2D eigenvalue weighted by atomic mass is 32.2. The molecule has 160 valence electrons. The molecule has 0 bridgehead atoms. The minimum Gasteiger partial charge on any atom is -0.454 e. The van der Waals surface area contributed by atoms with Gasteiger partial charge in [0.25, 0.3) is 0 Å². The smallest absolute Gasteiger partial charge is 0.233 e. The number of thioether (sulfide) groups is 1. The van der Waals surface area contributed by atoms with E-state index >= 15 is 0 Å². The Hall–Kier alpha value is -2.84. The van der Waals surface area contributed by atoms with Gasteiger partial charge in [-0.15, -0.1) is 0 Å². The molecule has 1 aromatic heterocycles. The summed E-state index contributed by atoms with van der Waals surface area (Å²) in [7, 11) is 0. The largest absolute Gasteiger partial charge is 0.454 e. The molecular formula is C23H25N4O3S+. The Balaban J connectivity index is 1.13. The molecule has 8 heteroatoms. The third-order valence-corrected chi connectivity index (χ3v) is 6.64. The molecule has 3 aromatic rings. The lowest BCUT2D eigenvalue weighted by molar-refractivity contribution is -0.917. The van der Waals surface area contributed by atoms with Crippen LogP contribution in [0.4, 0.5) is 0 Å². The summed E-state index contributed by atoms with van der Waals surface area (Å²) < 4.78 is 10.9. The van der Waals surface area contributed by atoms with Crippen LogP contribution in [0.25, 0.3) is 10.9 Å². The van der Waals surface area contributed by atoms with Crippen LogP contribution in [-0.2, 0) is 11.3 Å². The summed E-state index contributed by atoms with van der Waals surface area (Å²) in [5, 5.41) is 1.72. The van der Waals surface area contributed by atoms with Crippen LogP contribution in [0.3, 0.4) is 0 Å². The summed E-state index contributed by atoms with van der Waals surface area (Å²) in [4.78, 5) is 25.3. The molecule has 0 atom stereocenters. The molecule has 5 rings (SSSR count). The number of aromatic nitrogens is 2. The highest BCUT2D eigenvalue weighted by molar-refractivity contribution is 7.99. The normalized spacial score (nSPS) is 16.1. The van der Waals surface area contributed by atoms with Crippen molar-refractivity contribution in [2.75, 3.05) is 38.7 Å². The van der Waals surface area contributed by atoms with Crippen LogP contribution in [0.5, 0.6) is 11.5 Å². The molecule has 0 radical (unpaired) electrons. The van der Waals surface area contributed by atoms with Crippen molar-refractivity contribution in [1.82, 2.24) is 14.9 Å². The summed E-state index contributed by atoms with van der Waals surface area (Å²) in [5.41, 5.74) is 3.10. The average molecular weight is 438 g/mol. The number of para-hydroxylation sites is 1. The Morgan fingerprint density at radius 3 is 2.77 bits per heavy atom. The first-order chi connectivity index (χ1) is 15.2. The Morgan fingerprint density at radius 1 is 1.10 bits per heavy atom. The number of piperazine rings is 1. The number of carbonyl (C=O) groups excluding carboxylic acids is 1. The van der Waals surface area contributed by atoms with Gasteiger partial charge in [-0.05, 0) is 31.2 Å². The number of hydrogen-bond acceptors (Lipinski definition) is 6. The second-order valence-electron chi connectivity index (χ2n) is 7.89. The number of rotatable bonds is 5. The number of amides is 1. The van der Waals surface area contributed by atoms with Crippen LogP contribution in [0, 0.1) is 6.92 Å². The summed E-state index contributed by atoms with van der Waals surface area (Å²) >= 11 is 1.42. The fraction of sp³-hybridized carbons (Fsp3) is 0.348. The first-order valence-corrected chi connectivity index (χ1v) is 11.5. The van der Waals surface area contributed by atoms with Gasteiger partial charge in [-0.25, -0.2) is 9.97 Å². The lowest BCUT2D eigenvalue weighted by Crippen LogP contribution is -3.13. The highest BCUT2D eigenvalue weighted by Gasteiger charge is 2.24. The Morgan fingerprint density at radius 2 is 1.90 bits per heavy atom. The monoisotopic (exact) mass is 437 g/mol. The zero-order chi connectivity index (χ0) is 21.2. The molecule has 0 aliphatic carbocycles. The summed E-state index contributed by atoms with van der Waals surface area (Å²) in [6.45, 7) is 6.64. The molecule has 0 spiro atoms. The quantitative estimate of drug-likeness (QED) is 0.484. The van der Waals surface area contributed by atoms with Crippen LogP contribution in [0.1, 0.15) is 11.3 Å². The van der Waals surface area contributed by atoms with Gasteiger partial charge in [0.1, 0.15) is 6.54 Å². The maximum Gasteiger partial charge on any atom is 0.233 e. The minimum atomic E-state index is 0.154. The molecule has 0 unspecified atom stereocenters. The van der Waals surface area contributed by atoms with Crippen molar-refractivity contribution >= 4 is 28.6 Å². The topological polar surface area (TPSA) is 69.0 Å². The van der Waals surface area contributed by atoms with E-state index in [0.29, 0.717) is 17.7 Å². The SMILES string of the molecule is Cc1nc(SCC(=O)N2CC[NH+](Cc3ccc4c(c3)OCO4)CC2)nc2ccccc12. The Bertz CT molecular complexity index is 1120. The van der Waals surface area contributed by atoms with E-state index in [1.807, 2.05) is 42.2 Å². The number of ether oxygens (including phenoxy) is 2. The first kappa shape index (κ1) is 20.1. The van der Waals surface area contributed by atoms with Crippen molar-refractivity contribution in [3.05, 3.63) is 53.7 Å². The molecule has 0 saturated carbocycles.